The lowest BCUT2D eigenvalue weighted by atomic mass is 10.3. The van der Waals surface area contributed by atoms with Crippen LogP contribution in [-0.4, -0.2) is 31.2 Å². The molecule has 0 aliphatic carbocycles. The van der Waals surface area contributed by atoms with E-state index in [0.717, 1.165) is 0 Å². The van der Waals surface area contributed by atoms with Gasteiger partial charge in [-0.25, -0.2) is 0 Å². The fraction of sp³-hybridized carbons (Fsp3) is 0.455. The molecule has 6 nitrogen and oxygen atoms in total. The van der Waals surface area contributed by atoms with Gasteiger partial charge in [0.25, 0.3) is 0 Å². The highest BCUT2D eigenvalue weighted by Crippen LogP contribution is 2.19. The molecule has 1 rings (SSSR count). The van der Waals surface area contributed by atoms with Crippen molar-refractivity contribution in [1.82, 2.24) is 4.98 Å². The third kappa shape index (κ3) is 4.18. The van der Waals surface area contributed by atoms with Crippen LogP contribution in [0.2, 0.25) is 0 Å². The summed E-state index contributed by atoms with van der Waals surface area (Å²) in [4.78, 5) is 15.2. The molecule has 0 aliphatic heterocycles. The Balaban J connectivity index is 2.48. The number of carbonyl (C=O) groups excluding carboxylic acids is 1. The molecule has 0 saturated heterocycles. The van der Waals surface area contributed by atoms with E-state index in [1.54, 1.807) is 19.1 Å². The number of carbonyl (C=O) groups is 1. The average molecular weight is 239 g/mol. The predicted octanol–water partition coefficient (Wildman–Crippen LogP) is 1.04. The van der Waals surface area contributed by atoms with Gasteiger partial charge in [0.05, 0.1) is 25.8 Å². The maximum absolute atomic E-state index is 11.1. The Bertz CT molecular complexity index is 382. The Labute approximate surface area is 100 Å². The number of aromatic nitrogens is 1. The van der Waals surface area contributed by atoms with Gasteiger partial charge in [-0.1, -0.05) is 0 Å². The van der Waals surface area contributed by atoms with E-state index in [9.17, 15) is 4.79 Å². The van der Waals surface area contributed by atoms with Gasteiger partial charge in [-0.15, -0.1) is 0 Å². The zero-order chi connectivity index (χ0) is 12.7. The standard InChI is InChI=1S/C11H17N3O3/c1-3-17-10(15)6-7-13-11-8(12)4-5-9(14-11)16-2/h4-5H,3,6-7,12H2,1-2H3,(H,13,14). The molecule has 1 aromatic rings. The van der Waals surface area contributed by atoms with Gasteiger partial charge in [-0.2, -0.15) is 4.98 Å². The van der Waals surface area contributed by atoms with Crippen LogP contribution in [0.4, 0.5) is 11.5 Å². The van der Waals surface area contributed by atoms with Crippen LogP contribution >= 0.6 is 0 Å². The first kappa shape index (κ1) is 13.1. The molecule has 17 heavy (non-hydrogen) atoms. The minimum Gasteiger partial charge on any atom is -0.481 e. The summed E-state index contributed by atoms with van der Waals surface area (Å²) < 4.78 is 9.78. The Kier molecular flexibility index (Phi) is 5.06. The van der Waals surface area contributed by atoms with Gasteiger partial charge in [-0.3, -0.25) is 4.79 Å². The fourth-order valence-corrected chi connectivity index (χ4v) is 1.22. The number of hydrogen-bond donors (Lipinski definition) is 2. The largest absolute Gasteiger partial charge is 0.481 e. The molecule has 94 valence electrons. The molecule has 1 aromatic heterocycles. The first-order chi connectivity index (χ1) is 8.17. The highest BCUT2D eigenvalue weighted by atomic mass is 16.5. The van der Waals surface area contributed by atoms with E-state index in [1.807, 2.05) is 0 Å². The number of hydrogen-bond acceptors (Lipinski definition) is 6. The number of rotatable bonds is 6. The van der Waals surface area contributed by atoms with Crippen LogP contribution in [0.5, 0.6) is 5.88 Å². The lowest BCUT2D eigenvalue weighted by Gasteiger charge is -2.09. The van der Waals surface area contributed by atoms with E-state index in [4.69, 9.17) is 15.2 Å². The first-order valence-electron chi connectivity index (χ1n) is 5.37. The number of nitrogens with zero attached hydrogens (tertiary/aromatic N) is 1. The minimum atomic E-state index is -0.249. The normalized spacial score (nSPS) is 9.76. The Morgan fingerprint density at radius 3 is 2.94 bits per heavy atom. The number of esters is 1. The Morgan fingerprint density at radius 1 is 1.53 bits per heavy atom. The summed E-state index contributed by atoms with van der Waals surface area (Å²) in [5, 5.41) is 2.96. The van der Waals surface area contributed by atoms with Crippen molar-refractivity contribution < 1.29 is 14.3 Å². The smallest absolute Gasteiger partial charge is 0.307 e. The molecular formula is C11H17N3O3. The number of ether oxygens (including phenoxy) is 2. The quantitative estimate of drug-likeness (QED) is 0.721. The van der Waals surface area contributed by atoms with Crippen LogP contribution < -0.4 is 15.8 Å². The molecule has 0 saturated carbocycles. The maximum atomic E-state index is 11.1. The molecule has 0 aliphatic rings. The summed E-state index contributed by atoms with van der Waals surface area (Å²) in [6.07, 6.45) is 0.270. The maximum Gasteiger partial charge on any atom is 0.307 e. The van der Waals surface area contributed by atoms with Gasteiger partial charge in [0.2, 0.25) is 5.88 Å². The summed E-state index contributed by atoms with van der Waals surface area (Å²) in [5.74, 6) is 0.730. The van der Waals surface area contributed by atoms with Crippen molar-refractivity contribution in [3.05, 3.63) is 12.1 Å². The van der Waals surface area contributed by atoms with Crippen LogP contribution in [0.25, 0.3) is 0 Å². The molecule has 0 spiro atoms. The third-order valence-electron chi connectivity index (χ3n) is 2.04. The summed E-state index contributed by atoms with van der Waals surface area (Å²) in [7, 11) is 1.53. The highest BCUT2D eigenvalue weighted by molar-refractivity contribution is 5.70. The minimum absolute atomic E-state index is 0.249. The van der Waals surface area contributed by atoms with Crippen LogP contribution in [-0.2, 0) is 9.53 Å². The first-order valence-corrected chi connectivity index (χ1v) is 5.37. The van der Waals surface area contributed by atoms with Crippen molar-refractivity contribution >= 4 is 17.5 Å². The van der Waals surface area contributed by atoms with Crippen LogP contribution in [0.1, 0.15) is 13.3 Å². The van der Waals surface area contributed by atoms with Crippen molar-refractivity contribution in [1.29, 1.82) is 0 Å². The molecule has 6 heteroatoms. The second kappa shape index (κ2) is 6.57. The van der Waals surface area contributed by atoms with Crippen molar-refractivity contribution in [2.24, 2.45) is 0 Å². The highest BCUT2D eigenvalue weighted by Gasteiger charge is 2.05. The topological polar surface area (TPSA) is 86.5 Å². The Morgan fingerprint density at radius 2 is 2.29 bits per heavy atom. The van der Waals surface area contributed by atoms with E-state index < -0.39 is 0 Å². The molecule has 0 aromatic carbocycles. The van der Waals surface area contributed by atoms with E-state index >= 15 is 0 Å². The molecule has 1 heterocycles. The lowest BCUT2D eigenvalue weighted by molar-refractivity contribution is -0.142. The second-order valence-corrected chi connectivity index (χ2v) is 3.27. The second-order valence-electron chi connectivity index (χ2n) is 3.27. The SMILES string of the molecule is CCOC(=O)CCNc1nc(OC)ccc1N. The molecule has 0 bridgehead atoms. The van der Waals surface area contributed by atoms with Gasteiger partial charge in [0, 0.05) is 12.6 Å². The molecule has 0 fully saturated rings. The van der Waals surface area contributed by atoms with Crippen molar-refractivity contribution in [2.75, 3.05) is 31.3 Å². The zero-order valence-corrected chi connectivity index (χ0v) is 10.0. The molecule has 0 atom stereocenters. The lowest BCUT2D eigenvalue weighted by Crippen LogP contribution is -2.13. The Hall–Kier alpha value is -1.98. The van der Waals surface area contributed by atoms with Crippen molar-refractivity contribution in [2.45, 2.75) is 13.3 Å². The van der Waals surface area contributed by atoms with Crippen LogP contribution in [0.15, 0.2) is 12.1 Å². The summed E-state index contributed by atoms with van der Waals surface area (Å²) in [5.41, 5.74) is 6.23. The molecular weight excluding hydrogens is 222 g/mol. The number of nitrogens with two attached hydrogens (primary N) is 1. The van der Waals surface area contributed by atoms with Gasteiger partial charge in [-0.05, 0) is 13.0 Å². The van der Waals surface area contributed by atoms with Gasteiger partial charge in [0.1, 0.15) is 0 Å². The summed E-state index contributed by atoms with van der Waals surface area (Å²) in [6.45, 7) is 2.58. The number of nitrogens with one attached hydrogen (secondary N) is 1. The van der Waals surface area contributed by atoms with Crippen LogP contribution in [0, 0.1) is 0 Å². The number of anilines is 2. The summed E-state index contributed by atoms with van der Waals surface area (Å²) >= 11 is 0. The summed E-state index contributed by atoms with van der Waals surface area (Å²) in [6, 6.07) is 3.37. The van der Waals surface area contributed by atoms with Crippen molar-refractivity contribution in [3.8, 4) is 5.88 Å². The van der Waals surface area contributed by atoms with E-state index in [-0.39, 0.29) is 12.4 Å². The zero-order valence-electron chi connectivity index (χ0n) is 10.0. The van der Waals surface area contributed by atoms with Crippen molar-refractivity contribution in [3.63, 3.8) is 0 Å². The molecule has 3 N–H and O–H groups in total. The van der Waals surface area contributed by atoms with E-state index in [1.165, 1.54) is 7.11 Å². The fourth-order valence-electron chi connectivity index (χ4n) is 1.22. The molecule has 0 amide bonds. The average Bonchev–Trinajstić information content (AvgIpc) is 2.32. The predicted molar refractivity (Wildman–Crippen MR) is 64.9 cm³/mol. The van der Waals surface area contributed by atoms with Gasteiger partial charge >= 0.3 is 5.97 Å². The molecule has 0 unspecified atom stereocenters. The monoisotopic (exact) mass is 239 g/mol. The van der Waals surface area contributed by atoms with Crippen LogP contribution in [0.3, 0.4) is 0 Å². The van der Waals surface area contributed by atoms with Gasteiger partial charge < -0.3 is 20.5 Å². The number of methoxy groups -OCH3 is 1. The van der Waals surface area contributed by atoms with E-state index in [0.29, 0.717) is 30.5 Å². The number of nitrogen functional groups attached to an aromatic ring is 1. The van der Waals surface area contributed by atoms with Gasteiger partial charge in [0.15, 0.2) is 5.82 Å². The number of pyridine rings is 1. The molecule has 0 radical (unpaired) electrons. The van der Waals surface area contributed by atoms with E-state index in [2.05, 4.69) is 10.3 Å². The third-order valence-corrected chi connectivity index (χ3v) is 2.04.